The van der Waals surface area contributed by atoms with E-state index < -0.39 is 21.5 Å². The number of carbonyl (C=O) groups excluding carboxylic acids is 2. The SMILES string of the molecule is CNS(=O)(=O)c1cc(C(=O)NCC(=O)NC(C)(C)C)ccc1Cl. The first-order valence-corrected chi connectivity index (χ1v) is 8.65. The lowest BCUT2D eigenvalue weighted by molar-refractivity contribution is -0.121. The maximum atomic E-state index is 12.0. The fraction of sp³-hybridized carbons (Fsp3) is 0.429. The number of carbonyl (C=O) groups is 2. The molecule has 0 unspecified atom stereocenters. The third-order valence-corrected chi connectivity index (χ3v) is 4.57. The fourth-order valence-electron chi connectivity index (χ4n) is 1.69. The maximum Gasteiger partial charge on any atom is 0.251 e. The first kappa shape index (κ1) is 19.4. The number of benzene rings is 1. The van der Waals surface area contributed by atoms with Crippen molar-refractivity contribution in [2.24, 2.45) is 0 Å². The van der Waals surface area contributed by atoms with E-state index >= 15 is 0 Å². The third-order valence-electron chi connectivity index (χ3n) is 2.68. The molecule has 1 aromatic carbocycles. The minimum absolute atomic E-state index is 0.00127. The van der Waals surface area contributed by atoms with Crippen molar-refractivity contribution in [2.45, 2.75) is 31.2 Å². The molecule has 1 aromatic rings. The molecule has 0 aliphatic rings. The van der Waals surface area contributed by atoms with E-state index in [0.717, 1.165) is 6.07 Å². The van der Waals surface area contributed by atoms with Crippen molar-refractivity contribution in [2.75, 3.05) is 13.6 Å². The highest BCUT2D eigenvalue weighted by Crippen LogP contribution is 2.22. The van der Waals surface area contributed by atoms with Crippen LogP contribution in [-0.2, 0) is 14.8 Å². The molecule has 0 spiro atoms. The van der Waals surface area contributed by atoms with E-state index in [4.69, 9.17) is 11.6 Å². The van der Waals surface area contributed by atoms with Crippen molar-refractivity contribution >= 4 is 33.4 Å². The molecular formula is C14H20ClN3O4S. The van der Waals surface area contributed by atoms with Gasteiger partial charge in [-0.15, -0.1) is 0 Å². The Hall–Kier alpha value is -1.64. The molecule has 0 aliphatic carbocycles. The molecule has 128 valence electrons. The van der Waals surface area contributed by atoms with Gasteiger partial charge < -0.3 is 10.6 Å². The number of rotatable bonds is 5. The third kappa shape index (κ3) is 5.81. The van der Waals surface area contributed by atoms with Crippen LogP contribution in [0.2, 0.25) is 5.02 Å². The number of hydrogen-bond donors (Lipinski definition) is 3. The van der Waals surface area contributed by atoms with Crippen LogP contribution in [-0.4, -0.2) is 39.4 Å². The summed E-state index contributed by atoms with van der Waals surface area (Å²) in [5.41, 5.74) is -0.317. The Balaban J connectivity index is 2.86. The molecule has 0 aromatic heterocycles. The van der Waals surface area contributed by atoms with Crippen molar-refractivity contribution in [3.8, 4) is 0 Å². The van der Waals surface area contributed by atoms with Gasteiger partial charge in [0, 0.05) is 11.1 Å². The second-order valence-electron chi connectivity index (χ2n) is 5.83. The van der Waals surface area contributed by atoms with E-state index in [1.54, 1.807) is 0 Å². The van der Waals surface area contributed by atoms with Gasteiger partial charge in [0.15, 0.2) is 0 Å². The molecule has 3 N–H and O–H groups in total. The molecule has 0 bridgehead atoms. The van der Waals surface area contributed by atoms with Gasteiger partial charge in [-0.25, -0.2) is 13.1 Å². The van der Waals surface area contributed by atoms with Crippen LogP contribution in [0.15, 0.2) is 23.1 Å². The van der Waals surface area contributed by atoms with E-state index in [2.05, 4.69) is 15.4 Å². The van der Waals surface area contributed by atoms with Crippen LogP contribution in [0.1, 0.15) is 31.1 Å². The van der Waals surface area contributed by atoms with E-state index in [1.165, 1.54) is 19.2 Å². The van der Waals surface area contributed by atoms with E-state index in [-0.39, 0.29) is 27.9 Å². The van der Waals surface area contributed by atoms with Gasteiger partial charge in [-0.3, -0.25) is 9.59 Å². The number of hydrogen-bond acceptors (Lipinski definition) is 4. The van der Waals surface area contributed by atoms with Crippen LogP contribution >= 0.6 is 11.6 Å². The molecule has 1 rings (SSSR count). The summed E-state index contributed by atoms with van der Waals surface area (Å²) >= 11 is 5.85. The molecule has 0 heterocycles. The van der Waals surface area contributed by atoms with Gasteiger partial charge in [-0.05, 0) is 46.0 Å². The lowest BCUT2D eigenvalue weighted by Crippen LogP contribution is -2.45. The zero-order chi connectivity index (χ0) is 17.8. The van der Waals surface area contributed by atoms with Gasteiger partial charge in [0.25, 0.3) is 5.91 Å². The molecule has 0 aliphatic heterocycles. The number of sulfonamides is 1. The average Bonchev–Trinajstić information content (AvgIpc) is 2.43. The molecule has 9 heteroatoms. The monoisotopic (exact) mass is 361 g/mol. The number of nitrogens with one attached hydrogen (secondary N) is 3. The largest absolute Gasteiger partial charge is 0.350 e. The Bertz CT molecular complexity index is 711. The molecule has 0 atom stereocenters. The lowest BCUT2D eigenvalue weighted by atomic mass is 10.1. The predicted octanol–water partition coefficient (Wildman–Crippen LogP) is 0.893. The van der Waals surface area contributed by atoms with Gasteiger partial charge in [0.05, 0.1) is 11.6 Å². The van der Waals surface area contributed by atoms with E-state index in [0.29, 0.717) is 0 Å². The first-order valence-electron chi connectivity index (χ1n) is 6.78. The molecular weight excluding hydrogens is 342 g/mol. The van der Waals surface area contributed by atoms with Crippen molar-refractivity contribution in [1.82, 2.24) is 15.4 Å². The summed E-state index contributed by atoms with van der Waals surface area (Å²) in [7, 11) is -2.54. The van der Waals surface area contributed by atoms with Crippen LogP contribution in [0.3, 0.4) is 0 Å². The second-order valence-corrected chi connectivity index (χ2v) is 8.10. The Labute approximate surface area is 140 Å². The highest BCUT2D eigenvalue weighted by molar-refractivity contribution is 7.89. The maximum absolute atomic E-state index is 12.0. The van der Waals surface area contributed by atoms with Crippen molar-refractivity contribution in [1.29, 1.82) is 0 Å². The summed E-state index contributed by atoms with van der Waals surface area (Å²) < 4.78 is 25.8. The quantitative estimate of drug-likeness (QED) is 0.724. The van der Waals surface area contributed by atoms with E-state index in [1.807, 2.05) is 20.8 Å². The summed E-state index contributed by atoms with van der Waals surface area (Å²) in [6, 6.07) is 3.86. The van der Waals surface area contributed by atoms with E-state index in [9.17, 15) is 18.0 Å². The summed E-state index contributed by atoms with van der Waals surface area (Å²) in [5.74, 6) is -0.916. The topological polar surface area (TPSA) is 104 Å². The van der Waals surface area contributed by atoms with Gasteiger partial charge in [-0.2, -0.15) is 0 Å². The zero-order valence-corrected chi connectivity index (χ0v) is 14.9. The highest BCUT2D eigenvalue weighted by Gasteiger charge is 2.19. The number of halogens is 1. The van der Waals surface area contributed by atoms with Crippen LogP contribution in [0.25, 0.3) is 0 Å². The molecule has 0 saturated carbocycles. The summed E-state index contributed by atoms with van der Waals surface area (Å²) in [6.07, 6.45) is 0. The van der Waals surface area contributed by atoms with Gasteiger partial charge in [-0.1, -0.05) is 11.6 Å². The van der Waals surface area contributed by atoms with Crippen molar-refractivity contribution in [3.63, 3.8) is 0 Å². The van der Waals surface area contributed by atoms with Crippen LogP contribution < -0.4 is 15.4 Å². The van der Waals surface area contributed by atoms with Crippen LogP contribution in [0.5, 0.6) is 0 Å². The van der Waals surface area contributed by atoms with Gasteiger partial charge >= 0.3 is 0 Å². The van der Waals surface area contributed by atoms with Crippen molar-refractivity contribution in [3.05, 3.63) is 28.8 Å². The van der Waals surface area contributed by atoms with Gasteiger partial charge in [0.1, 0.15) is 4.90 Å². The molecule has 0 saturated heterocycles. The molecule has 0 fully saturated rings. The smallest absolute Gasteiger partial charge is 0.251 e. The Morgan fingerprint density at radius 2 is 1.83 bits per heavy atom. The normalized spacial score (nSPS) is 11.9. The van der Waals surface area contributed by atoms with Crippen LogP contribution in [0.4, 0.5) is 0 Å². The standard InChI is InChI=1S/C14H20ClN3O4S/c1-14(2,3)18-12(19)8-17-13(20)9-5-6-10(15)11(7-9)23(21,22)16-4/h5-7,16H,8H2,1-4H3,(H,17,20)(H,18,19). The molecule has 0 radical (unpaired) electrons. The summed E-state index contributed by atoms with van der Waals surface area (Å²) in [6.45, 7) is 5.25. The van der Waals surface area contributed by atoms with Gasteiger partial charge in [0.2, 0.25) is 15.9 Å². The average molecular weight is 362 g/mol. The summed E-state index contributed by atoms with van der Waals surface area (Å²) in [5, 5.41) is 5.13. The minimum atomic E-state index is -3.78. The number of amides is 2. The van der Waals surface area contributed by atoms with Crippen molar-refractivity contribution < 1.29 is 18.0 Å². The minimum Gasteiger partial charge on any atom is -0.350 e. The Morgan fingerprint density at radius 1 is 1.22 bits per heavy atom. The Kier molecular flexibility index (Phi) is 6.15. The molecule has 2 amide bonds. The predicted molar refractivity (Wildman–Crippen MR) is 87.9 cm³/mol. The van der Waals surface area contributed by atoms with Crippen LogP contribution in [0, 0.1) is 0 Å². The summed E-state index contributed by atoms with van der Waals surface area (Å²) in [4.78, 5) is 23.5. The first-order chi connectivity index (χ1) is 10.5. The lowest BCUT2D eigenvalue weighted by Gasteiger charge is -2.20. The fourth-order valence-corrected chi connectivity index (χ4v) is 2.93. The zero-order valence-electron chi connectivity index (χ0n) is 13.4. The Morgan fingerprint density at radius 3 is 2.35 bits per heavy atom. The highest BCUT2D eigenvalue weighted by atomic mass is 35.5. The second kappa shape index (κ2) is 7.29. The molecule has 7 nitrogen and oxygen atoms in total. The molecule has 23 heavy (non-hydrogen) atoms.